The molecule has 0 amide bonds. The second-order valence-electron chi connectivity index (χ2n) is 5.33. The Kier molecular flexibility index (Phi) is 3.31. The second kappa shape index (κ2) is 4.24. The molecule has 2 rings (SSSR count). The van der Waals surface area contributed by atoms with Gasteiger partial charge in [-0.15, -0.1) is 0 Å². The number of halogens is 1. The van der Waals surface area contributed by atoms with Gasteiger partial charge in [-0.25, -0.2) is 0 Å². The molecule has 0 bridgehead atoms. The molecule has 2 saturated heterocycles. The third kappa shape index (κ3) is 2.33. The van der Waals surface area contributed by atoms with Gasteiger partial charge in [-0.05, 0) is 0 Å². The van der Waals surface area contributed by atoms with Gasteiger partial charge in [0.1, 0.15) is 0 Å². The molecule has 0 aromatic heterocycles. The predicted octanol–water partition coefficient (Wildman–Crippen LogP) is -1.20. The van der Waals surface area contributed by atoms with Crippen molar-refractivity contribution in [3.63, 3.8) is 0 Å². The third-order valence-corrected chi connectivity index (χ3v) is 7.08. The topological polar surface area (TPSA) is 6.48 Å². The van der Waals surface area contributed by atoms with Gasteiger partial charge in [-0.3, -0.25) is 0 Å². The van der Waals surface area contributed by atoms with E-state index in [-0.39, 0.29) is 0 Å². The molecule has 0 aliphatic carbocycles. The van der Waals surface area contributed by atoms with Gasteiger partial charge in [0.05, 0.1) is 0 Å². The molecule has 1 unspecified atom stereocenters. The average Bonchev–Trinajstić information content (AvgIpc) is 2.74. The minimum absolute atomic E-state index is 0.339. The fraction of sp³-hybridized carbons (Fsp3) is 0.833. The summed E-state index contributed by atoms with van der Waals surface area (Å²) in [5, 5.41) is 0. The summed E-state index contributed by atoms with van der Waals surface area (Å²) in [6.45, 7) is 12.6. The zero-order valence-electron chi connectivity index (χ0n) is 10.1. The Morgan fingerprint density at radius 2 is 2.13 bits per heavy atom. The Hall–Kier alpha value is 0.230. The number of alkyl halides is 1. The van der Waals surface area contributed by atoms with Gasteiger partial charge >= 0.3 is 104 Å². The SMILES string of the molecule is C=C(C(C)C)N1CCC2(C[I-]N(C)C2)C1. The normalized spacial score (nSPS) is 32.7. The number of hydrogen-bond donors (Lipinski definition) is 0. The van der Waals surface area contributed by atoms with Crippen LogP contribution in [-0.2, 0) is 0 Å². The van der Waals surface area contributed by atoms with E-state index in [9.17, 15) is 0 Å². The summed E-state index contributed by atoms with van der Waals surface area (Å²) in [6, 6.07) is 0. The molecule has 88 valence electrons. The molecule has 2 heterocycles. The molecule has 2 nitrogen and oxygen atoms in total. The van der Waals surface area contributed by atoms with Crippen LogP contribution in [0.15, 0.2) is 12.3 Å². The number of hydrogen-bond acceptors (Lipinski definition) is 2. The van der Waals surface area contributed by atoms with Gasteiger partial charge in [0.2, 0.25) is 0 Å². The van der Waals surface area contributed by atoms with Crippen molar-refractivity contribution in [1.29, 1.82) is 0 Å². The number of likely N-dealkylation sites (tertiary alicyclic amines) is 1. The van der Waals surface area contributed by atoms with Crippen LogP contribution in [-0.4, -0.2) is 39.1 Å². The Morgan fingerprint density at radius 1 is 1.40 bits per heavy atom. The van der Waals surface area contributed by atoms with Crippen molar-refractivity contribution < 1.29 is 21.5 Å². The van der Waals surface area contributed by atoms with E-state index < -0.39 is 0 Å². The first-order chi connectivity index (χ1) is 7.02. The zero-order chi connectivity index (χ0) is 11.1. The fourth-order valence-electron chi connectivity index (χ4n) is 2.56. The maximum atomic E-state index is 4.23. The van der Waals surface area contributed by atoms with Crippen LogP contribution < -0.4 is 21.5 Å². The number of nitrogens with zero attached hydrogens (tertiary/aromatic N) is 2. The van der Waals surface area contributed by atoms with E-state index in [1.807, 2.05) is 0 Å². The summed E-state index contributed by atoms with van der Waals surface area (Å²) in [6.07, 6.45) is 1.39. The van der Waals surface area contributed by atoms with Crippen molar-refractivity contribution in [3.05, 3.63) is 12.3 Å². The Balaban J connectivity index is 1.98. The first kappa shape index (κ1) is 11.7. The van der Waals surface area contributed by atoms with E-state index in [0.717, 1.165) is 0 Å². The van der Waals surface area contributed by atoms with Crippen molar-refractivity contribution >= 4 is 0 Å². The molecule has 0 radical (unpaired) electrons. The van der Waals surface area contributed by atoms with E-state index >= 15 is 0 Å². The van der Waals surface area contributed by atoms with Crippen molar-refractivity contribution in [2.24, 2.45) is 11.3 Å². The molecule has 1 atom stereocenters. The van der Waals surface area contributed by atoms with Gasteiger partial charge in [0.15, 0.2) is 0 Å². The summed E-state index contributed by atoms with van der Waals surface area (Å²) in [5.41, 5.74) is 1.99. The summed E-state index contributed by atoms with van der Waals surface area (Å²) in [4.78, 5) is 2.54. The van der Waals surface area contributed by atoms with E-state index in [2.05, 4.69) is 35.5 Å². The molecule has 0 aromatic carbocycles. The monoisotopic (exact) mass is 321 g/mol. The van der Waals surface area contributed by atoms with Crippen molar-refractivity contribution in [2.75, 3.05) is 31.1 Å². The summed E-state index contributed by atoms with van der Waals surface area (Å²) >= 11 is 0.339. The van der Waals surface area contributed by atoms with Crippen LogP contribution in [0.25, 0.3) is 0 Å². The van der Waals surface area contributed by atoms with Crippen LogP contribution in [0.5, 0.6) is 0 Å². The zero-order valence-corrected chi connectivity index (χ0v) is 12.2. The predicted molar refractivity (Wildman–Crippen MR) is 60.1 cm³/mol. The third-order valence-electron chi connectivity index (χ3n) is 3.61. The van der Waals surface area contributed by atoms with Crippen molar-refractivity contribution in [2.45, 2.75) is 20.3 Å². The van der Waals surface area contributed by atoms with Crippen molar-refractivity contribution in [1.82, 2.24) is 8.01 Å². The van der Waals surface area contributed by atoms with Crippen LogP contribution in [0, 0.1) is 11.3 Å². The number of allylic oxidation sites excluding steroid dienone is 1. The van der Waals surface area contributed by atoms with Gasteiger partial charge in [-0.2, -0.15) is 0 Å². The molecular formula is C12H22IN2-. The standard InChI is InChI=1S/C12H22IN2/c1-10(2)11(3)15-6-5-12(9-15)7-13-14(4)8-12/h10H,3,5-9H2,1-2,4H3/q-1. The van der Waals surface area contributed by atoms with E-state index in [0.29, 0.717) is 32.8 Å². The molecule has 2 aliphatic heterocycles. The minimum atomic E-state index is 0.339. The Labute approximate surface area is 104 Å². The molecule has 1 spiro atoms. The van der Waals surface area contributed by atoms with Gasteiger partial charge < -0.3 is 0 Å². The number of rotatable bonds is 2. The van der Waals surface area contributed by atoms with Crippen LogP contribution in [0.2, 0.25) is 0 Å². The molecule has 2 aliphatic rings. The molecule has 3 heteroatoms. The van der Waals surface area contributed by atoms with E-state index in [4.69, 9.17) is 0 Å². The Bertz CT molecular complexity index is 264. The van der Waals surface area contributed by atoms with E-state index in [1.54, 1.807) is 0 Å². The van der Waals surface area contributed by atoms with E-state index in [1.165, 1.54) is 36.2 Å². The first-order valence-corrected chi connectivity index (χ1v) is 8.26. The van der Waals surface area contributed by atoms with Gasteiger partial charge in [-0.1, -0.05) is 0 Å². The second-order valence-corrected chi connectivity index (χ2v) is 8.43. The van der Waals surface area contributed by atoms with Crippen LogP contribution in [0.3, 0.4) is 0 Å². The summed E-state index contributed by atoms with van der Waals surface area (Å²) in [7, 11) is 2.29. The van der Waals surface area contributed by atoms with Crippen LogP contribution in [0.1, 0.15) is 20.3 Å². The molecule has 0 N–H and O–H groups in total. The molecule has 0 aromatic rings. The quantitative estimate of drug-likeness (QED) is 0.358. The van der Waals surface area contributed by atoms with Gasteiger partial charge in [0.25, 0.3) is 0 Å². The molecule has 15 heavy (non-hydrogen) atoms. The first-order valence-electron chi connectivity index (χ1n) is 5.77. The molecule has 2 fully saturated rings. The van der Waals surface area contributed by atoms with Crippen LogP contribution in [0.4, 0.5) is 0 Å². The van der Waals surface area contributed by atoms with Crippen molar-refractivity contribution in [3.8, 4) is 0 Å². The van der Waals surface area contributed by atoms with Gasteiger partial charge in [0, 0.05) is 0 Å². The average molecular weight is 321 g/mol. The maximum absolute atomic E-state index is 4.23. The molecular weight excluding hydrogens is 299 g/mol. The summed E-state index contributed by atoms with van der Waals surface area (Å²) in [5.74, 6) is 0.606. The van der Waals surface area contributed by atoms with Crippen LogP contribution >= 0.6 is 0 Å². The fourth-order valence-corrected chi connectivity index (χ4v) is 5.69. The molecule has 0 saturated carbocycles. The Morgan fingerprint density at radius 3 is 2.67 bits per heavy atom. The summed E-state index contributed by atoms with van der Waals surface area (Å²) < 4.78 is 4.07.